The Labute approximate surface area is 180 Å². The van der Waals surface area contributed by atoms with Crippen molar-refractivity contribution in [1.82, 2.24) is 10.6 Å². The maximum absolute atomic E-state index is 6.03. The quantitative estimate of drug-likeness (QED) is 0.564. The van der Waals surface area contributed by atoms with E-state index in [2.05, 4.69) is 84.0 Å². The number of hydrogen-bond donors (Lipinski definition) is 2. The first kappa shape index (κ1) is 20.7. The van der Waals surface area contributed by atoms with Gasteiger partial charge in [0.05, 0.1) is 6.10 Å². The van der Waals surface area contributed by atoms with E-state index in [1.807, 2.05) is 0 Å². The first-order chi connectivity index (χ1) is 14.7. The summed E-state index contributed by atoms with van der Waals surface area (Å²) in [6, 6.07) is 19.8. The third-order valence-corrected chi connectivity index (χ3v) is 6.10. The van der Waals surface area contributed by atoms with E-state index in [4.69, 9.17) is 9.73 Å². The standard InChI is InChI=1S/C25H34N4O/c1-3-26-25(27-17-21-14-16-30-24(21)20-7-5-4-6-8-20)28-22-13-15-29(18-22)23-11-9-19(2)10-12-23/h4-12,21-22,24H,3,13-18H2,1-2H3,(H2,26,27,28). The fourth-order valence-electron chi connectivity index (χ4n) is 4.42. The molecule has 0 spiro atoms. The molecule has 0 amide bonds. The van der Waals surface area contributed by atoms with Crippen molar-refractivity contribution in [2.24, 2.45) is 10.9 Å². The highest BCUT2D eigenvalue weighted by Crippen LogP contribution is 2.34. The molecule has 5 nitrogen and oxygen atoms in total. The second kappa shape index (κ2) is 9.98. The molecule has 3 unspecified atom stereocenters. The van der Waals surface area contributed by atoms with Crippen molar-refractivity contribution >= 4 is 11.6 Å². The molecule has 2 aliphatic rings. The molecule has 0 aromatic heterocycles. The minimum atomic E-state index is 0.154. The van der Waals surface area contributed by atoms with Crippen molar-refractivity contribution in [2.75, 3.05) is 37.7 Å². The highest BCUT2D eigenvalue weighted by Gasteiger charge is 2.29. The molecule has 2 N–H and O–H groups in total. The van der Waals surface area contributed by atoms with Gasteiger partial charge in [-0.15, -0.1) is 0 Å². The summed E-state index contributed by atoms with van der Waals surface area (Å²) in [5.74, 6) is 1.35. The van der Waals surface area contributed by atoms with Crippen LogP contribution in [0.4, 0.5) is 5.69 Å². The zero-order valence-corrected chi connectivity index (χ0v) is 18.2. The Balaban J connectivity index is 1.35. The Bertz CT molecular complexity index is 821. The molecular formula is C25H34N4O. The normalized spacial score (nSPS) is 24.3. The number of nitrogens with one attached hydrogen (secondary N) is 2. The lowest BCUT2D eigenvalue weighted by molar-refractivity contribution is 0.0925. The first-order valence-corrected chi connectivity index (χ1v) is 11.3. The minimum absolute atomic E-state index is 0.154. The van der Waals surface area contributed by atoms with Gasteiger partial charge in [-0.2, -0.15) is 0 Å². The summed E-state index contributed by atoms with van der Waals surface area (Å²) in [5.41, 5.74) is 3.87. The minimum Gasteiger partial charge on any atom is -0.373 e. The second-order valence-electron chi connectivity index (χ2n) is 8.38. The van der Waals surface area contributed by atoms with Crippen LogP contribution in [0, 0.1) is 12.8 Å². The van der Waals surface area contributed by atoms with E-state index in [-0.39, 0.29) is 6.10 Å². The molecule has 0 radical (unpaired) electrons. The highest BCUT2D eigenvalue weighted by atomic mass is 16.5. The number of rotatable bonds is 6. The largest absolute Gasteiger partial charge is 0.373 e. The summed E-state index contributed by atoms with van der Waals surface area (Å²) in [4.78, 5) is 7.40. The third-order valence-electron chi connectivity index (χ3n) is 6.10. The molecule has 160 valence electrons. The van der Waals surface area contributed by atoms with Crippen LogP contribution < -0.4 is 15.5 Å². The van der Waals surface area contributed by atoms with E-state index in [9.17, 15) is 0 Å². The summed E-state index contributed by atoms with van der Waals surface area (Å²) in [6.07, 6.45) is 2.34. The Morgan fingerprint density at radius 3 is 2.67 bits per heavy atom. The lowest BCUT2D eigenvalue weighted by atomic mass is 9.95. The van der Waals surface area contributed by atoms with Gasteiger partial charge in [-0.05, 0) is 44.4 Å². The molecule has 3 atom stereocenters. The molecule has 2 saturated heterocycles. The van der Waals surface area contributed by atoms with Gasteiger partial charge in [0.2, 0.25) is 0 Å². The van der Waals surface area contributed by atoms with Crippen molar-refractivity contribution in [3.05, 3.63) is 65.7 Å². The number of guanidine groups is 1. The smallest absolute Gasteiger partial charge is 0.191 e. The molecule has 4 rings (SSSR count). The average molecular weight is 407 g/mol. The zero-order valence-electron chi connectivity index (χ0n) is 18.2. The van der Waals surface area contributed by atoms with Crippen LogP contribution in [0.15, 0.2) is 59.6 Å². The summed E-state index contributed by atoms with van der Waals surface area (Å²) in [5, 5.41) is 7.09. The molecule has 2 aliphatic heterocycles. The molecule has 0 bridgehead atoms. The average Bonchev–Trinajstić information content (AvgIpc) is 3.43. The molecule has 5 heteroatoms. The van der Waals surface area contributed by atoms with Crippen LogP contribution in [0.2, 0.25) is 0 Å². The van der Waals surface area contributed by atoms with Gasteiger partial charge >= 0.3 is 0 Å². The summed E-state index contributed by atoms with van der Waals surface area (Å²) in [6.45, 7) is 8.80. The van der Waals surface area contributed by atoms with Gasteiger partial charge in [-0.3, -0.25) is 4.99 Å². The monoisotopic (exact) mass is 406 g/mol. The number of anilines is 1. The molecule has 2 aromatic rings. The molecule has 2 aromatic carbocycles. The predicted molar refractivity (Wildman–Crippen MR) is 124 cm³/mol. The lowest BCUT2D eigenvalue weighted by Gasteiger charge is -2.21. The molecular weight excluding hydrogens is 372 g/mol. The lowest BCUT2D eigenvalue weighted by Crippen LogP contribution is -2.45. The summed E-state index contributed by atoms with van der Waals surface area (Å²) in [7, 11) is 0. The SMILES string of the molecule is CCNC(=NCC1CCOC1c1ccccc1)NC1CCN(c2ccc(C)cc2)C1. The Morgan fingerprint density at radius 1 is 1.10 bits per heavy atom. The molecule has 0 aliphatic carbocycles. The van der Waals surface area contributed by atoms with Crippen LogP contribution in [0.3, 0.4) is 0 Å². The van der Waals surface area contributed by atoms with Gasteiger partial charge in [0.1, 0.15) is 0 Å². The van der Waals surface area contributed by atoms with Gasteiger partial charge in [-0.25, -0.2) is 0 Å². The number of aliphatic imine (C=N–C) groups is 1. The highest BCUT2D eigenvalue weighted by molar-refractivity contribution is 5.80. The number of hydrogen-bond acceptors (Lipinski definition) is 3. The van der Waals surface area contributed by atoms with Crippen LogP contribution >= 0.6 is 0 Å². The van der Waals surface area contributed by atoms with E-state index < -0.39 is 0 Å². The zero-order chi connectivity index (χ0) is 20.8. The topological polar surface area (TPSA) is 48.9 Å². The summed E-state index contributed by atoms with van der Waals surface area (Å²) < 4.78 is 6.03. The van der Waals surface area contributed by atoms with E-state index >= 15 is 0 Å². The van der Waals surface area contributed by atoms with Crippen molar-refractivity contribution in [2.45, 2.75) is 38.8 Å². The van der Waals surface area contributed by atoms with E-state index in [1.165, 1.54) is 16.8 Å². The first-order valence-electron chi connectivity index (χ1n) is 11.3. The van der Waals surface area contributed by atoms with E-state index in [0.29, 0.717) is 12.0 Å². The van der Waals surface area contributed by atoms with Gasteiger partial charge in [-0.1, -0.05) is 48.0 Å². The third kappa shape index (κ3) is 5.14. The van der Waals surface area contributed by atoms with Gasteiger partial charge in [0.25, 0.3) is 0 Å². The predicted octanol–water partition coefficient (Wildman–Crippen LogP) is 3.91. The maximum Gasteiger partial charge on any atom is 0.191 e. The Morgan fingerprint density at radius 2 is 1.90 bits per heavy atom. The van der Waals surface area contributed by atoms with Crippen molar-refractivity contribution in [3.63, 3.8) is 0 Å². The van der Waals surface area contributed by atoms with Gasteiger partial charge < -0.3 is 20.3 Å². The van der Waals surface area contributed by atoms with Crippen LogP contribution in [-0.4, -0.2) is 44.8 Å². The van der Waals surface area contributed by atoms with Gasteiger partial charge in [0, 0.05) is 50.4 Å². The fraction of sp³-hybridized carbons (Fsp3) is 0.480. The van der Waals surface area contributed by atoms with Crippen LogP contribution in [0.1, 0.15) is 37.0 Å². The van der Waals surface area contributed by atoms with Crippen molar-refractivity contribution < 1.29 is 4.74 Å². The number of benzene rings is 2. The van der Waals surface area contributed by atoms with E-state index in [1.54, 1.807) is 0 Å². The van der Waals surface area contributed by atoms with Crippen molar-refractivity contribution in [1.29, 1.82) is 0 Å². The Kier molecular flexibility index (Phi) is 6.90. The summed E-state index contributed by atoms with van der Waals surface area (Å²) >= 11 is 0. The molecule has 2 fully saturated rings. The molecule has 2 heterocycles. The Hall–Kier alpha value is -2.53. The van der Waals surface area contributed by atoms with Gasteiger partial charge in [0.15, 0.2) is 5.96 Å². The van der Waals surface area contributed by atoms with Crippen LogP contribution in [0.25, 0.3) is 0 Å². The molecule has 0 saturated carbocycles. The number of ether oxygens (including phenoxy) is 1. The van der Waals surface area contributed by atoms with E-state index in [0.717, 1.165) is 51.6 Å². The maximum atomic E-state index is 6.03. The molecule has 30 heavy (non-hydrogen) atoms. The van der Waals surface area contributed by atoms with Crippen LogP contribution in [-0.2, 0) is 4.74 Å². The van der Waals surface area contributed by atoms with Crippen molar-refractivity contribution in [3.8, 4) is 0 Å². The number of nitrogens with zero attached hydrogens (tertiary/aromatic N) is 2. The fourth-order valence-corrected chi connectivity index (χ4v) is 4.42. The number of aryl methyl sites for hydroxylation is 1. The second-order valence-corrected chi connectivity index (χ2v) is 8.38. The van der Waals surface area contributed by atoms with Crippen LogP contribution in [0.5, 0.6) is 0 Å².